The van der Waals surface area contributed by atoms with Crippen molar-refractivity contribution in [2.24, 2.45) is 0 Å². The van der Waals surface area contributed by atoms with Crippen molar-refractivity contribution >= 4 is 10.9 Å². The molecule has 0 bridgehead atoms. The maximum absolute atomic E-state index is 9.30. The molecule has 92 valence electrons. The zero-order valence-corrected chi connectivity index (χ0v) is 10.00. The van der Waals surface area contributed by atoms with Gasteiger partial charge < -0.3 is 9.67 Å². The summed E-state index contributed by atoms with van der Waals surface area (Å²) in [4.78, 5) is 0. The minimum Gasteiger partial charge on any atom is -0.392 e. The van der Waals surface area contributed by atoms with E-state index < -0.39 is 0 Å². The molecule has 1 aromatic carbocycles. The molecular weight excluding hydrogens is 230 g/mol. The maximum atomic E-state index is 9.30. The first-order valence-corrected chi connectivity index (χ1v) is 5.75. The third kappa shape index (κ3) is 1.69. The van der Waals surface area contributed by atoms with Crippen molar-refractivity contribution in [3.05, 3.63) is 47.4 Å². The van der Waals surface area contributed by atoms with Crippen LogP contribution in [0.5, 0.6) is 0 Å². The van der Waals surface area contributed by atoms with Gasteiger partial charge in [0.15, 0.2) is 0 Å². The summed E-state index contributed by atoms with van der Waals surface area (Å²) in [6.45, 7) is 2.54. The SMILES string of the molecule is Cc1nonc1Cn1ccc2c(CO)cccc21. The molecule has 3 rings (SSSR count). The van der Waals surface area contributed by atoms with E-state index in [0.29, 0.717) is 6.54 Å². The van der Waals surface area contributed by atoms with Gasteiger partial charge in [-0.25, -0.2) is 4.63 Å². The molecule has 0 aliphatic rings. The number of benzene rings is 1. The lowest BCUT2D eigenvalue weighted by molar-refractivity contribution is 0.283. The average molecular weight is 243 g/mol. The topological polar surface area (TPSA) is 64.1 Å². The summed E-state index contributed by atoms with van der Waals surface area (Å²) >= 11 is 0. The van der Waals surface area contributed by atoms with Crippen molar-refractivity contribution in [2.45, 2.75) is 20.1 Å². The highest BCUT2D eigenvalue weighted by Gasteiger charge is 2.09. The van der Waals surface area contributed by atoms with Crippen LogP contribution in [0, 0.1) is 6.92 Å². The van der Waals surface area contributed by atoms with Crippen LogP contribution in [0.1, 0.15) is 17.0 Å². The van der Waals surface area contributed by atoms with Gasteiger partial charge in [0.1, 0.15) is 11.4 Å². The molecule has 3 aromatic rings. The fourth-order valence-electron chi connectivity index (χ4n) is 2.12. The monoisotopic (exact) mass is 243 g/mol. The van der Waals surface area contributed by atoms with Crippen LogP contribution in [0.15, 0.2) is 35.1 Å². The second-order valence-corrected chi connectivity index (χ2v) is 4.25. The van der Waals surface area contributed by atoms with Gasteiger partial charge >= 0.3 is 0 Å². The lowest BCUT2D eigenvalue weighted by Gasteiger charge is -2.04. The molecule has 0 aliphatic carbocycles. The predicted molar refractivity (Wildman–Crippen MR) is 66.0 cm³/mol. The Hall–Kier alpha value is -2.14. The molecule has 0 amide bonds. The summed E-state index contributed by atoms with van der Waals surface area (Å²) in [5.41, 5.74) is 3.63. The molecule has 0 radical (unpaired) electrons. The highest BCUT2D eigenvalue weighted by molar-refractivity contribution is 5.83. The van der Waals surface area contributed by atoms with Crippen LogP contribution >= 0.6 is 0 Å². The molecule has 0 unspecified atom stereocenters. The number of hydrogen-bond acceptors (Lipinski definition) is 4. The minimum absolute atomic E-state index is 0.0475. The first kappa shape index (κ1) is 11.0. The molecular formula is C13H13N3O2. The van der Waals surface area contributed by atoms with E-state index in [4.69, 9.17) is 4.63 Å². The number of fused-ring (bicyclic) bond motifs is 1. The van der Waals surface area contributed by atoms with E-state index in [9.17, 15) is 5.11 Å². The van der Waals surface area contributed by atoms with Crippen LogP contribution in [0.25, 0.3) is 10.9 Å². The average Bonchev–Trinajstić information content (AvgIpc) is 2.97. The summed E-state index contributed by atoms with van der Waals surface area (Å²) < 4.78 is 6.77. The van der Waals surface area contributed by atoms with Gasteiger partial charge in [0.05, 0.1) is 13.2 Å². The number of aryl methyl sites for hydroxylation is 1. The van der Waals surface area contributed by atoms with E-state index in [2.05, 4.69) is 14.9 Å². The smallest absolute Gasteiger partial charge is 0.127 e. The fourth-order valence-corrected chi connectivity index (χ4v) is 2.12. The van der Waals surface area contributed by atoms with Crippen molar-refractivity contribution in [1.82, 2.24) is 14.9 Å². The van der Waals surface area contributed by atoms with Gasteiger partial charge in [-0.15, -0.1) is 0 Å². The van der Waals surface area contributed by atoms with Crippen LogP contribution in [0.3, 0.4) is 0 Å². The van der Waals surface area contributed by atoms with E-state index in [1.54, 1.807) is 0 Å². The van der Waals surface area contributed by atoms with Crippen molar-refractivity contribution in [3.63, 3.8) is 0 Å². The van der Waals surface area contributed by atoms with E-state index in [1.807, 2.05) is 37.4 Å². The highest BCUT2D eigenvalue weighted by atomic mass is 16.6. The largest absolute Gasteiger partial charge is 0.392 e. The predicted octanol–water partition coefficient (Wildman–Crippen LogP) is 1.87. The molecule has 0 aliphatic heterocycles. The number of aliphatic hydroxyl groups excluding tert-OH is 1. The number of rotatable bonds is 3. The Morgan fingerprint density at radius 1 is 1.28 bits per heavy atom. The standard InChI is InChI=1S/C13H13N3O2/c1-9-12(15-18-14-9)7-16-6-5-11-10(8-17)3-2-4-13(11)16/h2-6,17H,7-8H2,1H3. The molecule has 0 atom stereocenters. The van der Waals surface area contributed by atoms with E-state index in [-0.39, 0.29) is 6.61 Å². The highest BCUT2D eigenvalue weighted by Crippen LogP contribution is 2.21. The number of aliphatic hydroxyl groups is 1. The Balaban J connectivity index is 2.06. The molecule has 18 heavy (non-hydrogen) atoms. The van der Waals surface area contributed by atoms with Crippen LogP contribution in [-0.4, -0.2) is 20.0 Å². The van der Waals surface area contributed by atoms with Crippen molar-refractivity contribution in [3.8, 4) is 0 Å². The summed E-state index contributed by atoms with van der Waals surface area (Å²) in [6, 6.07) is 7.90. The Bertz CT molecular complexity index is 684. The molecule has 5 heteroatoms. The second-order valence-electron chi connectivity index (χ2n) is 4.25. The van der Waals surface area contributed by atoms with Crippen LogP contribution in [-0.2, 0) is 13.2 Å². The van der Waals surface area contributed by atoms with E-state index in [1.165, 1.54) is 0 Å². The molecule has 2 heterocycles. The Morgan fingerprint density at radius 2 is 2.17 bits per heavy atom. The van der Waals surface area contributed by atoms with Gasteiger partial charge in [-0.1, -0.05) is 22.4 Å². The van der Waals surface area contributed by atoms with Gasteiger partial charge in [0, 0.05) is 17.1 Å². The minimum atomic E-state index is 0.0475. The van der Waals surface area contributed by atoms with Crippen LogP contribution < -0.4 is 0 Å². The normalized spacial score (nSPS) is 11.2. The van der Waals surface area contributed by atoms with Gasteiger partial charge in [-0.2, -0.15) is 0 Å². The fraction of sp³-hybridized carbons (Fsp3) is 0.231. The number of nitrogens with zero attached hydrogens (tertiary/aromatic N) is 3. The molecule has 0 spiro atoms. The maximum Gasteiger partial charge on any atom is 0.127 e. The summed E-state index contributed by atoms with van der Waals surface area (Å²) in [7, 11) is 0. The third-order valence-electron chi connectivity index (χ3n) is 3.14. The van der Waals surface area contributed by atoms with E-state index in [0.717, 1.165) is 27.9 Å². The van der Waals surface area contributed by atoms with Crippen LogP contribution in [0.2, 0.25) is 0 Å². The van der Waals surface area contributed by atoms with E-state index >= 15 is 0 Å². The zero-order valence-electron chi connectivity index (χ0n) is 10.00. The van der Waals surface area contributed by atoms with Gasteiger partial charge in [-0.05, 0) is 24.6 Å². The zero-order chi connectivity index (χ0) is 12.5. The molecule has 5 nitrogen and oxygen atoms in total. The Kier molecular flexibility index (Phi) is 2.60. The molecule has 2 aromatic heterocycles. The second kappa shape index (κ2) is 4.27. The quantitative estimate of drug-likeness (QED) is 0.762. The van der Waals surface area contributed by atoms with Crippen molar-refractivity contribution < 1.29 is 9.74 Å². The Labute approximate surface area is 104 Å². The summed E-state index contributed by atoms with van der Waals surface area (Å²) in [5, 5.41) is 18.0. The molecule has 0 saturated heterocycles. The molecule has 0 fully saturated rings. The van der Waals surface area contributed by atoms with Gasteiger partial charge in [0.2, 0.25) is 0 Å². The summed E-state index contributed by atoms with van der Waals surface area (Å²) in [5.74, 6) is 0. The van der Waals surface area contributed by atoms with Crippen molar-refractivity contribution in [2.75, 3.05) is 0 Å². The first-order chi connectivity index (χ1) is 8.79. The summed E-state index contributed by atoms with van der Waals surface area (Å²) in [6.07, 6.45) is 1.98. The first-order valence-electron chi connectivity index (χ1n) is 5.75. The Morgan fingerprint density at radius 3 is 2.89 bits per heavy atom. The lowest BCUT2D eigenvalue weighted by atomic mass is 10.1. The lowest BCUT2D eigenvalue weighted by Crippen LogP contribution is -2.00. The van der Waals surface area contributed by atoms with Gasteiger partial charge in [0.25, 0.3) is 0 Å². The molecule has 0 saturated carbocycles. The molecule has 1 N–H and O–H groups in total. The third-order valence-corrected chi connectivity index (χ3v) is 3.14. The van der Waals surface area contributed by atoms with Gasteiger partial charge in [-0.3, -0.25) is 0 Å². The van der Waals surface area contributed by atoms with Crippen LogP contribution in [0.4, 0.5) is 0 Å². The number of aromatic nitrogens is 3. The van der Waals surface area contributed by atoms with Crippen molar-refractivity contribution in [1.29, 1.82) is 0 Å². The number of hydrogen-bond donors (Lipinski definition) is 1.